The number of hydrogen-bond acceptors (Lipinski definition) is 2. The molecule has 0 radical (unpaired) electrons. The average molecular weight is 317 g/mol. The van der Waals surface area contributed by atoms with Crippen molar-refractivity contribution < 1.29 is 9.59 Å². The van der Waals surface area contributed by atoms with Crippen molar-refractivity contribution in [2.45, 2.75) is 52.0 Å². The van der Waals surface area contributed by atoms with Crippen LogP contribution in [-0.4, -0.2) is 36.0 Å². The van der Waals surface area contributed by atoms with Gasteiger partial charge in [0.15, 0.2) is 0 Å². The highest BCUT2D eigenvalue weighted by atomic mass is 16.2. The fourth-order valence-electron chi connectivity index (χ4n) is 2.89. The number of rotatable bonds is 6. The fourth-order valence-corrected chi connectivity index (χ4v) is 2.89. The number of unbranched alkanes of at least 4 members (excludes halogenated alkanes) is 2. The van der Waals surface area contributed by atoms with Gasteiger partial charge in [0.05, 0.1) is 0 Å². The Balaban J connectivity index is 1.80. The number of hydrogen-bond donors (Lipinski definition) is 2. The Kier molecular flexibility index (Phi) is 6.44. The van der Waals surface area contributed by atoms with Gasteiger partial charge < -0.3 is 15.5 Å². The van der Waals surface area contributed by atoms with Gasteiger partial charge in [0.25, 0.3) is 0 Å². The van der Waals surface area contributed by atoms with Crippen LogP contribution in [0.5, 0.6) is 0 Å². The van der Waals surface area contributed by atoms with E-state index < -0.39 is 0 Å². The first-order chi connectivity index (χ1) is 11.1. The second kappa shape index (κ2) is 8.56. The first-order valence-electron chi connectivity index (χ1n) is 8.50. The van der Waals surface area contributed by atoms with E-state index in [1.807, 2.05) is 12.1 Å². The predicted molar refractivity (Wildman–Crippen MR) is 92.5 cm³/mol. The molecule has 0 aromatic heterocycles. The lowest BCUT2D eigenvalue weighted by atomic mass is 10.1. The van der Waals surface area contributed by atoms with Gasteiger partial charge >= 0.3 is 6.03 Å². The van der Waals surface area contributed by atoms with Crippen molar-refractivity contribution in [2.75, 3.05) is 18.4 Å². The molecule has 3 amide bonds. The molecular formula is C18H27N3O2. The van der Waals surface area contributed by atoms with Gasteiger partial charge in [-0.05, 0) is 37.0 Å². The molecule has 5 heteroatoms. The van der Waals surface area contributed by atoms with Gasteiger partial charge in [0, 0.05) is 31.7 Å². The quantitative estimate of drug-likeness (QED) is 0.792. The summed E-state index contributed by atoms with van der Waals surface area (Å²) < 4.78 is 0. The lowest BCUT2D eigenvalue weighted by Crippen LogP contribution is -2.38. The normalized spacial score (nSPS) is 17.1. The maximum absolute atomic E-state index is 12.2. The fraction of sp³-hybridized carbons (Fsp3) is 0.556. The number of carbonyl (C=O) groups excluding carboxylic acids is 2. The van der Waals surface area contributed by atoms with Gasteiger partial charge in [0.2, 0.25) is 5.91 Å². The van der Waals surface area contributed by atoms with Gasteiger partial charge in [-0.1, -0.05) is 31.9 Å². The van der Waals surface area contributed by atoms with E-state index in [0.717, 1.165) is 18.5 Å². The third-order valence-corrected chi connectivity index (χ3v) is 4.16. The molecule has 126 valence electrons. The summed E-state index contributed by atoms with van der Waals surface area (Å²) in [5, 5.41) is 5.79. The SMILES string of the molecule is CCCCCc1ccc(NC(=O)N2CCC(NC(C)=O)C2)cc1. The van der Waals surface area contributed by atoms with E-state index in [1.54, 1.807) is 4.90 Å². The molecule has 1 aromatic rings. The molecule has 0 bridgehead atoms. The van der Waals surface area contributed by atoms with E-state index in [4.69, 9.17) is 0 Å². The topological polar surface area (TPSA) is 61.4 Å². The molecule has 2 rings (SSSR count). The van der Waals surface area contributed by atoms with E-state index in [2.05, 4.69) is 29.7 Å². The second-order valence-electron chi connectivity index (χ2n) is 6.22. The van der Waals surface area contributed by atoms with Crippen molar-refractivity contribution in [3.63, 3.8) is 0 Å². The van der Waals surface area contributed by atoms with E-state index in [0.29, 0.717) is 13.1 Å². The third-order valence-electron chi connectivity index (χ3n) is 4.16. The summed E-state index contributed by atoms with van der Waals surface area (Å²) in [5.74, 6) is -0.0454. The Bertz CT molecular complexity index is 528. The van der Waals surface area contributed by atoms with Crippen LogP contribution in [0.1, 0.15) is 45.1 Å². The van der Waals surface area contributed by atoms with Crippen LogP contribution in [0, 0.1) is 0 Å². The minimum Gasteiger partial charge on any atom is -0.352 e. The maximum Gasteiger partial charge on any atom is 0.321 e. The summed E-state index contributed by atoms with van der Waals surface area (Å²) in [4.78, 5) is 25.1. The molecule has 1 atom stereocenters. The van der Waals surface area contributed by atoms with Crippen molar-refractivity contribution in [3.05, 3.63) is 29.8 Å². The molecule has 0 spiro atoms. The zero-order valence-electron chi connectivity index (χ0n) is 14.1. The molecule has 0 aliphatic carbocycles. The van der Waals surface area contributed by atoms with Crippen LogP contribution < -0.4 is 10.6 Å². The molecule has 1 unspecified atom stereocenters. The lowest BCUT2D eigenvalue weighted by molar-refractivity contribution is -0.119. The van der Waals surface area contributed by atoms with Crippen LogP contribution in [0.15, 0.2) is 24.3 Å². The first kappa shape index (κ1) is 17.3. The molecule has 5 nitrogen and oxygen atoms in total. The Morgan fingerprint density at radius 2 is 1.96 bits per heavy atom. The maximum atomic E-state index is 12.2. The van der Waals surface area contributed by atoms with Crippen molar-refractivity contribution in [2.24, 2.45) is 0 Å². The zero-order chi connectivity index (χ0) is 16.7. The highest BCUT2D eigenvalue weighted by molar-refractivity contribution is 5.89. The summed E-state index contributed by atoms with van der Waals surface area (Å²) in [6.07, 6.45) is 5.59. The van der Waals surface area contributed by atoms with E-state index in [-0.39, 0.29) is 18.0 Å². The van der Waals surface area contributed by atoms with Crippen LogP contribution in [0.2, 0.25) is 0 Å². The minimum absolute atomic E-state index is 0.0454. The molecule has 1 aliphatic rings. The molecule has 1 fully saturated rings. The van der Waals surface area contributed by atoms with Gasteiger partial charge in [0.1, 0.15) is 0 Å². The van der Waals surface area contributed by atoms with E-state index in [9.17, 15) is 9.59 Å². The predicted octanol–water partition coefficient (Wildman–Crippen LogP) is 3.16. The van der Waals surface area contributed by atoms with Crippen molar-refractivity contribution in [3.8, 4) is 0 Å². The number of aryl methyl sites for hydroxylation is 1. The first-order valence-corrected chi connectivity index (χ1v) is 8.50. The monoisotopic (exact) mass is 317 g/mol. The number of carbonyl (C=O) groups is 2. The van der Waals surface area contributed by atoms with Crippen LogP contribution in [0.3, 0.4) is 0 Å². The van der Waals surface area contributed by atoms with Gasteiger partial charge in [-0.2, -0.15) is 0 Å². The Hall–Kier alpha value is -2.04. The zero-order valence-corrected chi connectivity index (χ0v) is 14.1. The summed E-state index contributed by atoms with van der Waals surface area (Å²) in [6.45, 7) is 4.95. The highest BCUT2D eigenvalue weighted by Crippen LogP contribution is 2.15. The number of anilines is 1. The summed E-state index contributed by atoms with van der Waals surface area (Å²) in [6, 6.07) is 8.04. The number of benzene rings is 1. The molecule has 2 N–H and O–H groups in total. The Labute approximate surface area is 138 Å². The molecule has 1 aliphatic heterocycles. The number of nitrogens with zero attached hydrogens (tertiary/aromatic N) is 1. The van der Waals surface area contributed by atoms with Crippen LogP contribution in [0.25, 0.3) is 0 Å². The Morgan fingerprint density at radius 3 is 2.61 bits per heavy atom. The summed E-state index contributed by atoms with van der Waals surface area (Å²) in [5.41, 5.74) is 2.13. The van der Waals surface area contributed by atoms with Gasteiger partial charge in [-0.15, -0.1) is 0 Å². The molecule has 1 heterocycles. The molecule has 0 saturated carbocycles. The van der Waals surface area contributed by atoms with E-state index in [1.165, 1.54) is 31.7 Å². The van der Waals surface area contributed by atoms with Crippen LogP contribution >= 0.6 is 0 Å². The van der Waals surface area contributed by atoms with Crippen LogP contribution in [-0.2, 0) is 11.2 Å². The lowest BCUT2D eigenvalue weighted by Gasteiger charge is -2.17. The number of urea groups is 1. The minimum atomic E-state index is -0.100. The van der Waals surface area contributed by atoms with Crippen molar-refractivity contribution in [1.29, 1.82) is 0 Å². The van der Waals surface area contributed by atoms with Gasteiger partial charge in [-0.3, -0.25) is 4.79 Å². The smallest absolute Gasteiger partial charge is 0.321 e. The molecule has 23 heavy (non-hydrogen) atoms. The highest BCUT2D eigenvalue weighted by Gasteiger charge is 2.26. The largest absolute Gasteiger partial charge is 0.352 e. The average Bonchev–Trinajstić information content (AvgIpc) is 2.97. The van der Waals surface area contributed by atoms with E-state index >= 15 is 0 Å². The third kappa shape index (κ3) is 5.58. The van der Waals surface area contributed by atoms with Gasteiger partial charge in [-0.25, -0.2) is 4.79 Å². The number of likely N-dealkylation sites (tertiary alicyclic amines) is 1. The number of nitrogens with one attached hydrogen (secondary N) is 2. The van der Waals surface area contributed by atoms with Crippen molar-refractivity contribution in [1.82, 2.24) is 10.2 Å². The molecular weight excluding hydrogens is 290 g/mol. The number of amides is 3. The molecule has 1 aromatic carbocycles. The summed E-state index contributed by atoms with van der Waals surface area (Å²) in [7, 11) is 0. The van der Waals surface area contributed by atoms with Crippen molar-refractivity contribution >= 4 is 17.6 Å². The standard InChI is InChI=1S/C18H27N3O2/c1-3-4-5-6-15-7-9-16(10-8-15)20-18(23)21-12-11-17(13-21)19-14(2)22/h7-10,17H,3-6,11-13H2,1-2H3,(H,19,22)(H,20,23). The summed E-state index contributed by atoms with van der Waals surface area (Å²) >= 11 is 0. The van der Waals surface area contributed by atoms with Crippen LogP contribution in [0.4, 0.5) is 10.5 Å². The molecule has 1 saturated heterocycles. The second-order valence-corrected chi connectivity index (χ2v) is 6.22. The Morgan fingerprint density at radius 1 is 1.22 bits per heavy atom.